The molecule has 8 nitrogen and oxygen atoms in total. The van der Waals surface area contributed by atoms with Crippen molar-refractivity contribution in [2.24, 2.45) is 5.92 Å². The Morgan fingerprint density at radius 2 is 2.22 bits per heavy atom. The highest BCUT2D eigenvalue weighted by Crippen LogP contribution is 2.37. The Morgan fingerprint density at radius 3 is 3.04 bits per heavy atom. The van der Waals surface area contributed by atoms with Crippen molar-refractivity contribution in [3.8, 4) is 11.5 Å². The average molecular weight is 314 g/mol. The van der Waals surface area contributed by atoms with E-state index in [-0.39, 0.29) is 25.0 Å². The van der Waals surface area contributed by atoms with E-state index in [4.69, 9.17) is 9.47 Å². The molecule has 1 atom stereocenters. The molecule has 2 aromatic rings. The van der Waals surface area contributed by atoms with E-state index in [0.29, 0.717) is 29.4 Å². The van der Waals surface area contributed by atoms with Gasteiger partial charge < -0.3 is 19.7 Å². The summed E-state index contributed by atoms with van der Waals surface area (Å²) in [6.45, 7) is 0.518. The van der Waals surface area contributed by atoms with Gasteiger partial charge in [0.2, 0.25) is 18.6 Å². The normalized spacial score (nSPS) is 19.2. The molecule has 1 fully saturated rings. The second-order valence-corrected chi connectivity index (χ2v) is 5.42. The Bertz CT molecular complexity index is 759. The zero-order valence-corrected chi connectivity index (χ0v) is 12.1. The number of nitrogens with one attached hydrogen (secondary N) is 2. The largest absolute Gasteiger partial charge is 0.454 e. The van der Waals surface area contributed by atoms with Crippen molar-refractivity contribution in [3.63, 3.8) is 0 Å². The van der Waals surface area contributed by atoms with Crippen molar-refractivity contribution in [2.75, 3.05) is 23.6 Å². The maximum atomic E-state index is 12.2. The maximum absolute atomic E-state index is 12.2. The second-order valence-electron chi connectivity index (χ2n) is 5.42. The van der Waals surface area contributed by atoms with Crippen molar-refractivity contribution in [3.05, 3.63) is 30.6 Å². The number of aromatic nitrogens is 2. The van der Waals surface area contributed by atoms with E-state index >= 15 is 0 Å². The van der Waals surface area contributed by atoms with Crippen LogP contribution in [0.15, 0.2) is 30.6 Å². The molecule has 0 bridgehead atoms. The molecule has 2 amide bonds. The van der Waals surface area contributed by atoms with Gasteiger partial charge in [-0.1, -0.05) is 0 Å². The molecular formula is C15H14N4O4. The lowest BCUT2D eigenvalue weighted by atomic mass is 10.1. The molecule has 3 heterocycles. The molecule has 0 radical (unpaired) electrons. The van der Waals surface area contributed by atoms with Gasteiger partial charge in [0.15, 0.2) is 11.5 Å². The minimum absolute atomic E-state index is 0.0868. The van der Waals surface area contributed by atoms with Crippen LogP contribution in [0.25, 0.3) is 0 Å². The number of fused-ring (bicyclic) bond motifs is 1. The topological polar surface area (TPSA) is 96.5 Å². The van der Waals surface area contributed by atoms with Gasteiger partial charge in [0.05, 0.1) is 17.8 Å². The van der Waals surface area contributed by atoms with E-state index in [1.54, 1.807) is 29.3 Å². The van der Waals surface area contributed by atoms with Gasteiger partial charge in [-0.25, -0.2) is 0 Å². The monoisotopic (exact) mass is 314 g/mol. The van der Waals surface area contributed by atoms with E-state index < -0.39 is 5.92 Å². The number of rotatable bonds is 3. The number of hydrogen-bond donors (Lipinski definition) is 2. The third-order valence-corrected chi connectivity index (χ3v) is 3.93. The predicted octanol–water partition coefficient (Wildman–Crippen LogP) is 1.13. The number of amides is 2. The molecule has 23 heavy (non-hydrogen) atoms. The van der Waals surface area contributed by atoms with Crippen molar-refractivity contribution >= 4 is 23.2 Å². The van der Waals surface area contributed by atoms with Crippen LogP contribution >= 0.6 is 0 Å². The Kier molecular flexibility index (Phi) is 3.14. The van der Waals surface area contributed by atoms with Gasteiger partial charge in [-0.3, -0.25) is 14.7 Å². The zero-order chi connectivity index (χ0) is 15.8. The molecule has 1 aromatic heterocycles. The van der Waals surface area contributed by atoms with Crippen LogP contribution in [-0.2, 0) is 9.59 Å². The first kappa shape index (κ1) is 13.6. The number of nitrogens with zero attached hydrogens (tertiary/aromatic N) is 2. The van der Waals surface area contributed by atoms with Gasteiger partial charge in [0.1, 0.15) is 0 Å². The first-order chi connectivity index (χ1) is 11.2. The minimum atomic E-state index is -0.400. The van der Waals surface area contributed by atoms with Crippen LogP contribution in [0.1, 0.15) is 6.42 Å². The van der Waals surface area contributed by atoms with Crippen LogP contribution in [0.2, 0.25) is 0 Å². The number of ether oxygens (including phenoxy) is 2. The standard InChI is InChI=1S/C15H14N4O4/c20-14-3-9(15(21)18-10-5-16-17-6-10)7-19(14)11-1-2-12-13(4-11)23-8-22-12/h1-2,4-6,9H,3,7-8H2,(H,16,17)(H,18,21). The van der Waals surface area contributed by atoms with E-state index in [1.165, 1.54) is 6.20 Å². The molecule has 2 N–H and O–H groups in total. The van der Waals surface area contributed by atoms with Crippen LogP contribution in [-0.4, -0.2) is 35.3 Å². The number of hydrogen-bond acceptors (Lipinski definition) is 5. The summed E-state index contributed by atoms with van der Waals surface area (Å²) in [5.74, 6) is 0.596. The highest BCUT2D eigenvalue weighted by atomic mass is 16.7. The van der Waals surface area contributed by atoms with E-state index in [2.05, 4.69) is 15.5 Å². The highest BCUT2D eigenvalue weighted by Gasteiger charge is 2.35. The second kappa shape index (κ2) is 5.31. The summed E-state index contributed by atoms with van der Waals surface area (Å²) < 4.78 is 10.6. The number of H-pyrrole nitrogens is 1. The molecule has 2 aliphatic heterocycles. The van der Waals surface area contributed by atoms with Crippen LogP contribution in [0.3, 0.4) is 0 Å². The lowest BCUT2D eigenvalue weighted by Gasteiger charge is -2.17. The van der Waals surface area contributed by atoms with Crippen molar-refractivity contribution in [1.29, 1.82) is 0 Å². The molecule has 2 aliphatic rings. The van der Waals surface area contributed by atoms with E-state index in [1.807, 2.05) is 0 Å². The van der Waals surface area contributed by atoms with Crippen LogP contribution in [0.4, 0.5) is 11.4 Å². The summed E-state index contributed by atoms with van der Waals surface area (Å²) in [5.41, 5.74) is 1.29. The molecule has 0 spiro atoms. The number of carbonyl (C=O) groups excluding carboxylic acids is 2. The third-order valence-electron chi connectivity index (χ3n) is 3.93. The SMILES string of the molecule is O=C(Nc1cn[nH]c1)C1CC(=O)N(c2ccc3c(c2)OCO3)C1. The number of benzene rings is 1. The number of aromatic amines is 1. The van der Waals surface area contributed by atoms with Gasteiger partial charge >= 0.3 is 0 Å². The van der Waals surface area contributed by atoms with Crippen LogP contribution in [0.5, 0.6) is 11.5 Å². The molecule has 1 saturated heterocycles. The fraction of sp³-hybridized carbons (Fsp3) is 0.267. The predicted molar refractivity (Wildman–Crippen MR) is 80.2 cm³/mol. The fourth-order valence-corrected chi connectivity index (χ4v) is 2.75. The molecule has 1 unspecified atom stereocenters. The quantitative estimate of drug-likeness (QED) is 0.885. The smallest absolute Gasteiger partial charge is 0.231 e. The maximum Gasteiger partial charge on any atom is 0.231 e. The molecular weight excluding hydrogens is 300 g/mol. The molecule has 118 valence electrons. The van der Waals surface area contributed by atoms with Gasteiger partial charge in [0.25, 0.3) is 0 Å². The first-order valence-corrected chi connectivity index (χ1v) is 7.20. The summed E-state index contributed by atoms with van der Waals surface area (Å²) in [7, 11) is 0. The Balaban J connectivity index is 1.49. The Hall–Kier alpha value is -3.03. The molecule has 1 aromatic carbocycles. The Morgan fingerprint density at radius 1 is 1.35 bits per heavy atom. The molecule has 0 aliphatic carbocycles. The average Bonchev–Trinajstić information content (AvgIpc) is 3.26. The summed E-state index contributed by atoms with van der Waals surface area (Å²) in [6.07, 6.45) is 3.28. The van der Waals surface area contributed by atoms with E-state index in [0.717, 1.165) is 0 Å². The Labute approximate surface area is 131 Å². The van der Waals surface area contributed by atoms with Gasteiger partial charge in [-0.05, 0) is 12.1 Å². The fourth-order valence-electron chi connectivity index (χ4n) is 2.75. The van der Waals surface area contributed by atoms with Crippen LogP contribution < -0.4 is 19.7 Å². The number of carbonyl (C=O) groups is 2. The van der Waals surface area contributed by atoms with Crippen molar-refractivity contribution in [2.45, 2.75) is 6.42 Å². The highest BCUT2D eigenvalue weighted by molar-refractivity contribution is 6.03. The first-order valence-electron chi connectivity index (χ1n) is 7.20. The lowest BCUT2D eigenvalue weighted by molar-refractivity contribution is -0.122. The summed E-state index contributed by atoms with van der Waals surface area (Å²) in [5, 5.41) is 9.14. The minimum Gasteiger partial charge on any atom is -0.454 e. The van der Waals surface area contributed by atoms with Gasteiger partial charge in [0, 0.05) is 30.9 Å². The molecule has 4 rings (SSSR count). The third kappa shape index (κ3) is 2.48. The summed E-state index contributed by atoms with van der Waals surface area (Å²) in [6, 6.07) is 5.32. The zero-order valence-electron chi connectivity index (χ0n) is 12.1. The van der Waals surface area contributed by atoms with Gasteiger partial charge in [-0.15, -0.1) is 0 Å². The molecule has 0 saturated carbocycles. The molecule has 8 heteroatoms. The lowest BCUT2D eigenvalue weighted by Crippen LogP contribution is -2.28. The summed E-state index contributed by atoms with van der Waals surface area (Å²) >= 11 is 0. The summed E-state index contributed by atoms with van der Waals surface area (Å²) in [4.78, 5) is 26.1. The van der Waals surface area contributed by atoms with Crippen LogP contribution in [0, 0.1) is 5.92 Å². The van der Waals surface area contributed by atoms with Crippen molar-refractivity contribution in [1.82, 2.24) is 10.2 Å². The van der Waals surface area contributed by atoms with Gasteiger partial charge in [-0.2, -0.15) is 5.10 Å². The van der Waals surface area contributed by atoms with E-state index in [9.17, 15) is 9.59 Å². The number of anilines is 2. The van der Waals surface area contributed by atoms with Crippen molar-refractivity contribution < 1.29 is 19.1 Å².